The summed E-state index contributed by atoms with van der Waals surface area (Å²) in [7, 11) is 0.750. The summed E-state index contributed by atoms with van der Waals surface area (Å²) in [6, 6.07) is 0. The van der Waals surface area contributed by atoms with Gasteiger partial charge in [-0.1, -0.05) is 13.1 Å². The number of hydrogen-bond donors (Lipinski definition) is 0. The van der Waals surface area contributed by atoms with E-state index in [4.69, 9.17) is 0 Å². The van der Waals surface area contributed by atoms with E-state index in [1.807, 2.05) is 6.08 Å². The SMILES string of the molecule is CC1=CC[C-]=C1.C[SiH]C.[Cl-].[Cl-].[Zr+3]. The first-order chi connectivity index (χ1) is 4.31. The average molecular weight is 300 g/mol. The molecule has 0 aliphatic heterocycles. The van der Waals surface area contributed by atoms with Gasteiger partial charge in [0.15, 0.2) is 0 Å². The number of hydrogen-bond acceptors (Lipinski definition) is 0. The second-order valence-corrected chi connectivity index (χ2v) is 3.23. The summed E-state index contributed by atoms with van der Waals surface area (Å²) in [5.74, 6) is 0. The Bertz CT molecular complexity index is 121. The van der Waals surface area contributed by atoms with Gasteiger partial charge in [-0.2, -0.15) is 6.08 Å². The van der Waals surface area contributed by atoms with E-state index >= 15 is 0 Å². The summed E-state index contributed by atoms with van der Waals surface area (Å²) < 4.78 is 0. The second-order valence-electron chi connectivity index (χ2n) is 2.08. The van der Waals surface area contributed by atoms with Gasteiger partial charge in [-0.3, -0.25) is 6.08 Å². The third-order valence-corrected chi connectivity index (χ3v) is 0.872. The molecule has 4 heteroatoms. The van der Waals surface area contributed by atoms with Gasteiger partial charge in [0.1, 0.15) is 0 Å². The van der Waals surface area contributed by atoms with E-state index in [1.54, 1.807) is 0 Å². The number of allylic oxidation sites excluding steroid dienone is 4. The van der Waals surface area contributed by atoms with Crippen molar-refractivity contribution in [2.45, 2.75) is 26.4 Å². The minimum Gasteiger partial charge on any atom is -1.00 e. The van der Waals surface area contributed by atoms with Crippen LogP contribution in [0.5, 0.6) is 0 Å². The van der Waals surface area contributed by atoms with Crippen LogP contribution in [0.2, 0.25) is 13.1 Å². The van der Waals surface area contributed by atoms with Gasteiger partial charge in [0.2, 0.25) is 0 Å². The molecule has 0 spiro atoms. The summed E-state index contributed by atoms with van der Waals surface area (Å²) in [5, 5.41) is 0. The normalized spacial score (nSPS) is 10.8. The third kappa shape index (κ3) is 17.3. The predicted molar refractivity (Wildman–Crippen MR) is 45.1 cm³/mol. The van der Waals surface area contributed by atoms with Crippen molar-refractivity contribution in [2.24, 2.45) is 0 Å². The molecule has 0 saturated heterocycles. The van der Waals surface area contributed by atoms with Gasteiger partial charge in [-0.25, -0.2) is 11.6 Å². The molecule has 0 aromatic rings. The molecule has 0 bridgehead atoms. The molecule has 0 nitrogen and oxygen atoms in total. The minimum atomic E-state index is 0. The van der Waals surface area contributed by atoms with Gasteiger partial charge >= 0.3 is 26.2 Å². The smallest absolute Gasteiger partial charge is 1.00 e. The predicted octanol–water partition coefficient (Wildman–Crippen LogP) is -3.78. The first-order valence-corrected chi connectivity index (χ1v) is 5.59. The molecular formula is C8H14Cl2SiZr. The molecule has 1 aliphatic rings. The molecule has 0 unspecified atom stereocenters. The zero-order valence-electron chi connectivity index (χ0n) is 7.70. The molecule has 0 saturated carbocycles. The van der Waals surface area contributed by atoms with Gasteiger partial charge in [-0.05, 0) is 0 Å². The Labute approximate surface area is 110 Å². The molecule has 0 amide bonds. The Morgan fingerprint density at radius 1 is 1.33 bits per heavy atom. The van der Waals surface area contributed by atoms with Crippen LogP contribution in [0.25, 0.3) is 0 Å². The average Bonchev–Trinajstić information content (AvgIpc) is 2.20. The first-order valence-electron chi connectivity index (χ1n) is 3.28. The van der Waals surface area contributed by atoms with Crippen molar-refractivity contribution >= 4 is 9.52 Å². The van der Waals surface area contributed by atoms with E-state index in [0.29, 0.717) is 0 Å². The Balaban J connectivity index is -0.0000000489. The quantitative estimate of drug-likeness (QED) is 0.318. The minimum absolute atomic E-state index is 0. The molecule has 0 atom stereocenters. The zero-order chi connectivity index (χ0) is 7.11. The van der Waals surface area contributed by atoms with Crippen LogP contribution in [0.1, 0.15) is 13.3 Å². The number of rotatable bonds is 0. The van der Waals surface area contributed by atoms with Crippen LogP contribution >= 0.6 is 0 Å². The van der Waals surface area contributed by atoms with Crippen molar-refractivity contribution in [3.63, 3.8) is 0 Å². The zero-order valence-corrected chi connectivity index (χ0v) is 12.8. The fourth-order valence-electron chi connectivity index (χ4n) is 0.499. The molecule has 0 N–H and O–H groups in total. The van der Waals surface area contributed by atoms with Crippen molar-refractivity contribution in [3.8, 4) is 0 Å². The van der Waals surface area contributed by atoms with Gasteiger partial charge in [0.05, 0.1) is 0 Å². The summed E-state index contributed by atoms with van der Waals surface area (Å²) in [6.07, 6.45) is 8.24. The van der Waals surface area contributed by atoms with E-state index in [-0.39, 0.29) is 51.0 Å². The van der Waals surface area contributed by atoms with Crippen molar-refractivity contribution in [1.82, 2.24) is 0 Å². The maximum atomic E-state index is 3.05. The Morgan fingerprint density at radius 3 is 1.83 bits per heavy atom. The molecular weight excluding hydrogens is 286 g/mol. The van der Waals surface area contributed by atoms with Crippen LogP contribution in [0.3, 0.4) is 0 Å². The summed E-state index contributed by atoms with van der Waals surface area (Å²) in [6.45, 7) is 6.50. The van der Waals surface area contributed by atoms with E-state index in [1.165, 1.54) is 5.57 Å². The molecule has 0 aromatic carbocycles. The monoisotopic (exact) mass is 298 g/mol. The summed E-state index contributed by atoms with van der Waals surface area (Å²) >= 11 is 0. The topological polar surface area (TPSA) is 0 Å². The van der Waals surface area contributed by atoms with E-state index in [0.717, 1.165) is 15.9 Å². The van der Waals surface area contributed by atoms with Gasteiger partial charge in [0, 0.05) is 9.52 Å². The van der Waals surface area contributed by atoms with E-state index < -0.39 is 0 Å². The van der Waals surface area contributed by atoms with E-state index in [2.05, 4.69) is 32.2 Å². The second kappa shape index (κ2) is 18.0. The Kier molecular flexibility index (Phi) is 34.9. The summed E-state index contributed by atoms with van der Waals surface area (Å²) in [4.78, 5) is 0. The first kappa shape index (κ1) is 23.2. The van der Waals surface area contributed by atoms with Crippen LogP contribution < -0.4 is 24.8 Å². The van der Waals surface area contributed by atoms with Crippen molar-refractivity contribution in [1.29, 1.82) is 0 Å². The maximum Gasteiger partial charge on any atom is 3.00 e. The maximum absolute atomic E-state index is 3.05. The van der Waals surface area contributed by atoms with Crippen molar-refractivity contribution in [3.05, 3.63) is 23.8 Å². The van der Waals surface area contributed by atoms with Crippen molar-refractivity contribution < 1.29 is 51.0 Å². The largest absolute Gasteiger partial charge is 3.00 e. The molecule has 12 heavy (non-hydrogen) atoms. The molecule has 0 fully saturated rings. The molecule has 1 rings (SSSR count). The van der Waals surface area contributed by atoms with Crippen LogP contribution in [0.15, 0.2) is 17.7 Å². The molecule has 1 aliphatic carbocycles. The molecule has 0 heterocycles. The van der Waals surface area contributed by atoms with Gasteiger partial charge in [-0.15, -0.1) is 13.3 Å². The molecule has 2 radical (unpaired) electrons. The summed E-state index contributed by atoms with van der Waals surface area (Å²) in [5.41, 5.74) is 1.34. The van der Waals surface area contributed by atoms with Crippen LogP contribution in [-0.2, 0) is 26.2 Å². The van der Waals surface area contributed by atoms with Crippen LogP contribution in [0.4, 0.5) is 0 Å². The van der Waals surface area contributed by atoms with Crippen molar-refractivity contribution in [2.75, 3.05) is 0 Å². The van der Waals surface area contributed by atoms with Gasteiger partial charge < -0.3 is 24.8 Å². The van der Waals surface area contributed by atoms with Crippen LogP contribution in [-0.4, -0.2) is 9.52 Å². The third-order valence-electron chi connectivity index (χ3n) is 0.872. The number of halogens is 2. The van der Waals surface area contributed by atoms with Gasteiger partial charge in [0.25, 0.3) is 0 Å². The molecule has 0 aromatic heterocycles. The Morgan fingerprint density at radius 2 is 1.75 bits per heavy atom. The van der Waals surface area contributed by atoms with Crippen LogP contribution in [0, 0.1) is 6.08 Å². The standard InChI is InChI=1S/C6H7.C2H7Si.2ClH.Zr/c1-6-4-2-3-5-6;1-3-2;;;/h4-5H,2H2,1H3;3H,1-2H3;2*1H;/q-1;;;;+3/p-2. The molecule has 68 valence electrons. The fraction of sp³-hybridized carbons (Fsp3) is 0.500. The fourth-order valence-corrected chi connectivity index (χ4v) is 0.499. The van der Waals surface area contributed by atoms with E-state index in [9.17, 15) is 0 Å². The Hall–Kier alpha value is 1.16.